The van der Waals surface area contributed by atoms with Gasteiger partial charge in [-0.2, -0.15) is 5.26 Å². The maximum Gasteiger partial charge on any atom is 0.354 e. The fourth-order valence-corrected chi connectivity index (χ4v) is 1.59. The van der Waals surface area contributed by atoms with Crippen LogP contribution in [0.1, 0.15) is 11.1 Å². The van der Waals surface area contributed by atoms with Crippen molar-refractivity contribution < 1.29 is 9.15 Å². The molecule has 0 atom stereocenters. The van der Waals surface area contributed by atoms with E-state index in [0.29, 0.717) is 16.9 Å². The number of hydrogen-bond donors (Lipinski definition) is 0. The zero-order valence-electron chi connectivity index (χ0n) is 8.90. The van der Waals surface area contributed by atoms with Gasteiger partial charge < -0.3 is 9.15 Å². The molecule has 4 nitrogen and oxygen atoms in total. The fraction of sp³-hybridized carbons (Fsp3) is 0.167. The fourth-order valence-electron chi connectivity index (χ4n) is 1.59. The maximum atomic E-state index is 11.4. The monoisotopic (exact) mass is 215 g/mol. The lowest BCUT2D eigenvalue weighted by Crippen LogP contribution is -2.06. The van der Waals surface area contributed by atoms with Gasteiger partial charge in [0.1, 0.15) is 23.0 Å². The number of benzene rings is 1. The Labute approximate surface area is 91.7 Å². The molecule has 4 heteroatoms. The molecule has 2 aromatic rings. The smallest absolute Gasteiger partial charge is 0.354 e. The van der Waals surface area contributed by atoms with Crippen molar-refractivity contribution in [2.24, 2.45) is 0 Å². The molecular formula is C12H9NO3. The Hall–Kier alpha value is -2.28. The average molecular weight is 215 g/mol. The Morgan fingerprint density at radius 3 is 2.81 bits per heavy atom. The molecule has 0 fully saturated rings. The maximum absolute atomic E-state index is 11.4. The molecule has 0 saturated carbocycles. The van der Waals surface area contributed by atoms with Crippen molar-refractivity contribution >= 4 is 11.0 Å². The van der Waals surface area contributed by atoms with E-state index in [-0.39, 0.29) is 5.56 Å². The number of methoxy groups -OCH3 is 1. The van der Waals surface area contributed by atoms with Gasteiger partial charge in [0.15, 0.2) is 0 Å². The summed E-state index contributed by atoms with van der Waals surface area (Å²) in [4.78, 5) is 11.4. The first kappa shape index (κ1) is 10.2. The van der Waals surface area contributed by atoms with Crippen LogP contribution < -0.4 is 10.4 Å². The third-order valence-electron chi connectivity index (χ3n) is 2.48. The van der Waals surface area contributed by atoms with Crippen LogP contribution in [0.4, 0.5) is 0 Å². The predicted octanol–water partition coefficient (Wildman–Crippen LogP) is 1.98. The number of hydrogen-bond acceptors (Lipinski definition) is 4. The van der Waals surface area contributed by atoms with Gasteiger partial charge in [-0.15, -0.1) is 0 Å². The van der Waals surface area contributed by atoms with Crippen molar-refractivity contribution in [3.05, 3.63) is 39.7 Å². The minimum atomic E-state index is -0.599. The molecule has 1 heterocycles. The molecule has 0 saturated heterocycles. The highest BCUT2D eigenvalue weighted by molar-refractivity contribution is 5.83. The molecule has 80 valence electrons. The SMILES string of the molecule is COc1ccc2oc(=O)c(C#N)c(C)c2c1. The molecule has 0 unspecified atom stereocenters. The molecule has 0 amide bonds. The van der Waals surface area contributed by atoms with E-state index >= 15 is 0 Å². The van der Waals surface area contributed by atoms with E-state index in [9.17, 15) is 4.79 Å². The quantitative estimate of drug-likeness (QED) is 0.682. The molecule has 0 spiro atoms. The van der Waals surface area contributed by atoms with Gasteiger partial charge in [-0.3, -0.25) is 0 Å². The lowest BCUT2D eigenvalue weighted by Gasteiger charge is -2.04. The second kappa shape index (κ2) is 3.70. The van der Waals surface area contributed by atoms with Gasteiger partial charge in [0.25, 0.3) is 0 Å². The Morgan fingerprint density at radius 2 is 2.19 bits per heavy atom. The predicted molar refractivity (Wildman–Crippen MR) is 58.5 cm³/mol. The molecule has 1 aromatic carbocycles. The first-order chi connectivity index (χ1) is 7.67. The highest BCUT2D eigenvalue weighted by Gasteiger charge is 2.10. The molecule has 16 heavy (non-hydrogen) atoms. The Bertz CT molecular complexity index is 650. The van der Waals surface area contributed by atoms with E-state index in [1.807, 2.05) is 6.07 Å². The van der Waals surface area contributed by atoms with Crippen molar-refractivity contribution in [3.63, 3.8) is 0 Å². The molecule has 0 N–H and O–H groups in total. The normalized spacial score (nSPS) is 10.1. The summed E-state index contributed by atoms with van der Waals surface area (Å²) in [6, 6.07) is 6.95. The number of aryl methyl sites for hydroxylation is 1. The molecule has 0 radical (unpaired) electrons. The minimum Gasteiger partial charge on any atom is -0.497 e. The standard InChI is InChI=1S/C12H9NO3/c1-7-9-5-8(15-2)3-4-11(9)16-12(14)10(7)6-13/h3-5H,1-2H3. The van der Waals surface area contributed by atoms with Crippen LogP contribution in [0.2, 0.25) is 0 Å². The van der Waals surface area contributed by atoms with Crippen LogP contribution in [0, 0.1) is 18.3 Å². The topological polar surface area (TPSA) is 63.2 Å². The zero-order chi connectivity index (χ0) is 11.7. The summed E-state index contributed by atoms with van der Waals surface area (Å²) in [5.74, 6) is 0.660. The van der Waals surface area contributed by atoms with E-state index < -0.39 is 5.63 Å². The Kier molecular flexibility index (Phi) is 2.37. The molecule has 0 aliphatic rings. The second-order valence-electron chi connectivity index (χ2n) is 3.36. The average Bonchev–Trinajstić information content (AvgIpc) is 2.29. The summed E-state index contributed by atoms with van der Waals surface area (Å²) in [5, 5.41) is 9.56. The minimum absolute atomic E-state index is 0.0424. The van der Waals surface area contributed by atoms with Gasteiger partial charge in [0.05, 0.1) is 7.11 Å². The van der Waals surface area contributed by atoms with Gasteiger partial charge in [-0.05, 0) is 30.7 Å². The highest BCUT2D eigenvalue weighted by Crippen LogP contribution is 2.23. The summed E-state index contributed by atoms with van der Waals surface area (Å²) in [6.07, 6.45) is 0. The van der Waals surface area contributed by atoms with Crippen LogP contribution in [-0.2, 0) is 0 Å². The van der Waals surface area contributed by atoms with Crippen molar-refractivity contribution in [1.29, 1.82) is 5.26 Å². The molecule has 2 rings (SSSR count). The molecule has 0 aliphatic carbocycles. The lowest BCUT2D eigenvalue weighted by atomic mass is 10.1. The van der Waals surface area contributed by atoms with Crippen LogP contribution >= 0.6 is 0 Å². The van der Waals surface area contributed by atoms with E-state index in [4.69, 9.17) is 14.4 Å². The van der Waals surface area contributed by atoms with Crippen molar-refractivity contribution in [1.82, 2.24) is 0 Å². The molecule has 0 bridgehead atoms. The second-order valence-corrected chi connectivity index (χ2v) is 3.36. The van der Waals surface area contributed by atoms with E-state index in [1.54, 1.807) is 32.2 Å². The third-order valence-corrected chi connectivity index (χ3v) is 2.48. The summed E-state index contributed by atoms with van der Waals surface area (Å²) < 4.78 is 10.1. The van der Waals surface area contributed by atoms with Crippen LogP contribution in [-0.4, -0.2) is 7.11 Å². The van der Waals surface area contributed by atoms with E-state index in [0.717, 1.165) is 5.39 Å². The van der Waals surface area contributed by atoms with Gasteiger partial charge in [-0.25, -0.2) is 4.79 Å². The Morgan fingerprint density at radius 1 is 1.44 bits per heavy atom. The summed E-state index contributed by atoms with van der Waals surface area (Å²) >= 11 is 0. The summed E-state index contributed by atoms with van der Waals surface area (Å²) in [5.41, 5.74) is 0.522. The first-order valence-corrected chi connectivity index (χ1v) is 4.69. The van der Waals surface area contributed by atoms with Crippen LogP contribution in [0.25, 0.3) is 11.0 Å². The highest BCUT2D eigenvalue weighted by atomic mass is 16.5. The molecular weight excluding hydrogens is 206 g/mol. The number of fused-ring (bicyclic) bond motifs is 1. The number of nitrogens with zero attached hydrogens (tertiary/aromatic N) is 1. The zero-order valence-corrected chi connectivity index (χ0v) is 8.90. The number of ether oxygens (including phenoxy) is 1. The van der Waals surface area contributed by atoms with E-state index in [1.165, 1.54) is 0 Å². The van der Waals surface area contributed by atoms with Gasteiger partial charge in [-0.1, -0.05) is 0 Å². The number of rotatable bonds is 1. The Balaban J connectivity index is 2.90. The van der Waals surface area contributed by atoms with Gasteiger partial charge >= 0.3 is 5.63 Å². The van der Waals surface area contributed by atoms with Crippen molar-refractivity contribution in [2.75, 3.05) is 7.11 Å². The third kappa shape index (κ3) is 1.43. The van der Waals surface area contributed by atoms with Crippen LogP contribution in [0.3, 0.4) is 0 Å². The largest absolute Gasteiger partial charge is 0.497 e. The summed E-state index contributed by atoms with van der Waals surface area (Å²) in [7, 11) is 1.56. The lowest BCUT2D eigenvalue weighted by molar-refractivity contribution is 0.415. The molecule has 1 aromatic heterocycles. The van der Waals surface area contributed by atoms with Crippen molar-refractivity contribution in [3.8, 4) is 11.8 Å². The first-order valence-electron chi connectivity index (χ1n) is 4.69. The van der Waals surface area contributed by atoms with Crippen molar-refractivity contribution in [2.45, 2.75) is 6.92 Å². The van der Waals surface area contributed by atoms with Crippen LogP contribution in [0.15, 0.2) is 27.4 Å². The van der Waals surface area contributed by atoms with E-state index in [2.05, 4.69) is 0 Å². The number of nitriles is 1. The van der Waals surface area contributed by atoms with Crippen LogP contribution in [0.5, 0.6) is 5.75 Å². The summed E-state index contributed by atoms with van der Waals surface area (Å²) in [6.45, 7) is 1.72. The molecule has 0 aliphatic heterocycles. The van der Waals surface area contributed by atoms with Gasteiger partial charge in [0, 0.05) is 5.39 Å². The van der Waals surface area contributed by atoms with Gasteiger partial charge in [0.2, 0.25) is 0 Å².